The molecule has 3 nitrogen and oxygen atoms in total. The van der Waals surface area contributed by atoms with E-state index in [4.69, 9.17) is 0 Å². The van der Waals surface area contributed by atoms with Crippen molar-refractivity contribution < 1.29 is 9.18 Å². The van der Waals surface area contributed by atoms with Gasteiger partial charge in [-0.05, 0) is 32.0 Å². The van der Waals surface area contributed by atoms with Gasteiger partial charge in [0, 0.05) is 23.8 Å². The van der Waals surface area contributed by atoms with Gasteiger partial charge in [-0.25, -0.2) is 0 Å². The summed E-state index contributed by atoms with van der Waals surface area (Å²) in [6, 6.07) is 11.7. The second-order valence-electron chi connectivity index (χ2n) is 4.07. The van der Waals surface area contributed by atoms with Gasteiger partial charge in [-0.3, -0.25) is 9.18 Å². The van der Waals surface area contributed by atoms with Gasteiger partial charge < -0.3 is 9.88 Å². The molecular weight excluding hydrogens is 255 g/mol. The number of nitrogens with one attached hydrogen (secondary N) is 1. The summed E-state index contributed by atoms with van der Waals surface area (Å²) >= 11 is 0. The summed E-state index contributed by atoms with van der Waals surface area (Å²) < 4.78 is 11.4. The number of aromatic nitrogens is 1. The van der Waals surface area contributed by atoms with Crippen molar-refractivity contribution >= 4 is 5.91 Å². The van der Waals surface area contributed by atoms with Crippen molar-refractivity contribution in [1.29, 1.82) is 0 Å². The van der Waals surface area contributed by atoms with Crippen molar-refractivity contribution in [3.05, 3.63) is 66.1 Å². The zero-order valence-corrected chi connectivity index (χ0v) is 11.9. The van der Waals surface area contributed by atoms with Crippen LogP contribution in [0.2, 0.25) is 0 Å². The number of allylic oxidation sites excluding steroid dienone is 2. The lowest BCUT2D eigenvalue weighted by Crippen LogP contribution is -2.20. The Hall–Kier alpha value is -2.36. The van der Waals surface area contributed by atoms with Gasteiger partial charge in [-0.15, -0.1) is 0 Å². The molecule has 1 amide bonds. The van der Waals surface area contributed by atoms with Crippen LogP contribution in [0.1, 0.15) is 24.2 Å². The highest BCUT2D eigenvalue weighted by Crippen LogP contribution is 2.10. The van der Waals surface area contributed by atoms with E-state index < -0.39 is 0 Å². The summed E-state index contributed by atoms with van der Waals surface area (Å²) in [4.78, 5) is 11.9. The van der Waals surface area contributed by atoms with E-state index in [2.05, 4.69) is 5.32 Å². The number of alkyl halides is 1. The summed E-state index contributed by atoms with van der Waals surface area (Å²) in [5, 5.41) is 2.82. The highest BCUT2D eigenvalue weighted by atomic mass is 19.1. The molecule has 1 heterocycles. The fourth-order valence-electron chi connectivity index (χ4n) is 1.61. The molecule has 1 aromatic carbocycles. The Labute approximate surface area is 118 Å². The first-order valence-corrected chi connectivity index (χ1v) is 6.26. The Kier molecular flexibility index (Phi) is 6.23. The van der Waals surface area contributed by atoms with E-state index in [1.165, 1.54) is 0 Å². The Morgan fingerprint density at radius 3 is 2.45 bits per heavy atom. The summed E-state index contributed by atoms with van der Waals surface area (Å²) in [5.74, 6) is -0.0831. The molecule has 1 N–H and O–H groups in total. The van der Waals surface area contributed by atoms with Crippen molar-refractivity contribution in [3.8, 4) is 5.69 Å². The third-order valence-corrected chi connectivity index (χ3v) is 2.75. The normalized spacial score (nSPS) is 10.5. The van der Waals surface area contributed by atoms with E-state index in [-0.39, 0.29) is 5.91 Å². The smallest absolute Gasteiger partial charge is 0.256 e. The van der Waals surface area contributed by atoms with Crippen LogP contribution in [0, 0.1) is 0 Å². The second-order valence-corrected chi connectivity index (χ2v) is 4.07. The molecule has 0 aliphatic heterocycles. The van der Waals surface area contributed by atoms with Crippen LogP contribution in [0.4, 0.5) is 4.39 Å². The van der Waals surface area contributed by atoms with Crippen LogP contribution >= 0.6 is 0 Å². The van der Waals surface area contributed by atoms with Crippen molar-refractivity contribution in [1.82, 2.24) is 9.88 Å². The maximum absolute atomic E-state index is 11.9. The van der Waals surface area contributed by atoms with E-state index >= 15 is 0 Å². The number of halogens is 1. The monoisotopic (exact) mass is 274 g/mol. The van der Waals surface area contributed by atoms with Crippen molar-refractivity contribution in [2.75, 3.05) is 7.18 Å². The molecule has 2 aromatic rings. The number of amides is 1. The lowest BCUT2D eigenvalue weighted by molar-refractivity contribution is 0.0966. The SMILES string of the molecule is C/C=C(\C)NC(=O)c1ccn(-c2ccccc2)c1.CF. The highest BCUT2D eigenvalue weighted by Gasteiger charge is 2.07. The van der Waals surface area contributed by atoms with E-state index in [0.717, 1.165) is 11.4 Å². The largest absolute Gasteiger partial charge is 0.326 e. The summed E-state index contributed by atoms with van der Waals surface area (Å²) in [6.45, 7) is 3.76. The Morgan fingerprint density at radius 2 is 1.85 bits per heavy atom. The first-order chi connectivity index (χ1) is 9.70. The number of hydrogen-bond acceptors (Lipinski definition) is 1. The molecule has 20 heavy (non-hydrogen) atoms. The first-order valence-electron chi connectivity index (χ1n) is 6.26. The van der Waals surface area contributed by atoms with Crippen LogP contribution in [-0.2, 0) is 0 Å². The van der Waals surface area contributed by atoms with E-state index in [0.29, 0.717) is 12.7 Å². The minimum absolute atomic E-state index is 0.0831. The lowest BCUT2D eigenvalue weighted by atomic mass is 10.3. The Balaban J connectivity index is 0.000000956. The average molecular weight is 274 g/mol. The number of hydrogen-bond donors (Lipinski definition) is 1. The number of nitrogens with zero attached hydrogens (tertiary/aromatic N) is 1. The summed E-state index contributed by atoms with van der Waals surface area (Å²) in [7, 11) is 0.500. The van der Waals surface area contributed by atoms with E-state index in [9.17, 15) is 9.18 Å². The van der Waals surface area contributed by atoms with Crippen molar-refractivity contribution in [2.24, 2.45) is 0 Å². The minimum atomic E-state index is -0.0831. The fraction of sp³-hybridized carbons (Fsp3) is 0.188. The van der Waals surface area contributed by atoms with Crippen molar-refractivity contribution in [3.63, 3.8) is 0 Å². The molecular formula is C16H19FN2O. The molecule has 1 aromatic heterocycles. The summed E-state index contributed by atoms with van der Waals surface area (Å²) in [5.41, 5.74) is 2.55. The molecule has 0 aliphatic rings. The van der Waals surface area contributed by atoms with Gasteiger partial charge in [0.15, 0.2) is 0 Å². The predicted octanol–water partition coefficient (Wildman–Crippen LogP) is 3.72. The van der Waals surface area contributed by atoms with Gasteiger partial charge in [0.05, 0.1) is 12.7 Å². The minimum Gasteiger partial charge on any atom is -0.326 e. The van der Waals surface area contributed by atoms with Gasteiger partial charge in [-0.1, -0.05) is 24.3 Å². The second kappa shape index (κ2) is 7.94. The molecule has 0 spiro atoms. The molecule has 0 fully saturated rings. The van der Waals surface area contributed by atoms with Gasteiger partial charge in [0.25, 0.3) is 5.91 Å². The van der Waals surface area contributed by atoms with Crippen LogP contribution in [0.15, 0.2) is 60.6 Å². The van der Waals surface area contributed by atoms with Crippen LogP contribution in [0.3, 0.4) is 0 Å². The number of benzene rings is 1. The molecule has 0 radical (unpaired) electrons. The van der Waals surface area contributed by atoms with Gasteiger partial charge >= 0.3 is 0 Å². The maximum atomic E-state index is 11.9. The van der Waals surface area contributed by atoms with E-state index in [1.54, 1.807) is 0 Å². The average Bonchev–Trinajstić information content (AvgIpc) is 3.00. The Morgan fingerprint density at radius 1 is 1.20 bits per heavy atom. The van der Waals surface area contributed by atoms with Crippen LogP contribution in [0.5, 0.6) is 0 Å². The van der Waals surface area contributed by atoms with Gasteiger partial charge in [-0.2, -0.15) is 0 Å². The molecule has 106 valence electrons. The highest BCUT2D eigenvalue weighted by molar-refractivity contribution is 5.95. The molecule has 0 saturated heterocycles. The molecule has 0 aliphatic carbocycles. The maximum Gasteiger partial charge on any atom is 0.256 e. The zero-order chi connectivity index (χ0) is 15.0. The zero-order valence-electron chi connectivity index (χ0n) is 11.9. The summed E-state index contributed by atoms with van der Waals surface area (Å²) in [6.07, 6.45) is 5.58. The number of para-hydroxylation sites is 1. The van der Waals surface area contributed by atoms with Crippen LogP contribution in [0.25, 0.3) is 5.69 Å². The molecule has 0 saturated carbocycles. The molecule has 0 unspecified atom stereocenters. The quantitative estimate of drug-likeness (QED) is 0.909. The van der Waals surface area contributed by atoms with Gasteiger partial charge in [0.2, 0.25) is 0 Å². The van der Waals surface area contributed by atoms with E-state index in [1.807, 2.05) is 73.3 Å². The van der Waals surface area contributed by atoms with Crippen molar-refractivity contribution in [2.45, 2.75) is 13.8 Å². The Bertz CT molecular complexity index is 573. The molecule has 4 heteroatoms. The molecule has 0 bridgehead atoms. The first kappa shape index (κ1) is 15.7. The number of carbonyl (C=O) groups is 1. The lowest BCUT2D eigenvalue weighted by Gasteiger charge is -2.03. The predicted molar refractivity (Wildman–Crippen MR) is 79.7 cm³/mol. The molecule has 0 atom stereocenters. The third kappa shape index (κ3) is 4.09. The fourth-order valence-corrected chi connectivity index (χ4v) is 1.61. The van der Waals surface area contributed by atoms with Crippen LogP contribution in [-0.4, -0.2) is 17.7 Å². The number of carbonyl (C=O) groups excluding carboxylic acids is 1. The van der Waals surface area contributed by atoms with Crippen LogP contribution < -0.4 is 5.32 Å². The van der Waals surface area contributed by atoms with Gasteiger partial charge in [0.1, 0.15) is 0 Å². The number of rotatable bonds is 3. The standard InChI is InChI=1S/C15H16N2O.CH3F/c1-3-12(2)16-15(18)13-9-10-17(11-13)14-7-5-4-6-8-14;1-2/h3-11H,1-2H3,(H,16,18);1H3/b12-3+;. The topological polar surface area (TPSA) is 34.0 Å². The third-order valence-electron chi connectivity index (χ3n) is 2.75. The molecule has 2 rings (SSSR count).